The molecule has 1 aliphatic rings. The maximum Gasteiger partial charge on any atom is 0.0897 e. The number of nitrogens with zero attached hydrogens (tertiary/aromatic N) is 1. The largest absolute Gasteiger partial charge is 0.271 e. The third-order valence-corrected chi connectivity index (χ3v) is 4.86. The molecule has 0 radical (unpaired) electrons. The third kappa shape index (κ3) is 3.27. The number of aryl methyl sites for hydroxylation is 1. The lowest BCUT2D eigenvalue weighted by Crippen LogP contribution is -2.41. The van der Waals surface area contributed by atoms with Crippen LogP contribution < -0.4 is 11.3 Å². The lowest BCUT2D eigenvalue weighted by molar-refractivity contribution is 0.346. The Morgan fingerprint density at radius 2 is 2.41 bits per heavy atom. The summed E-state index contributed by atoms with van der Waals surface area (Å²) in [6.45, 7) is 4.35. The van der Waals surface area contributed by atoms with E-state index >= 15 is 0 Å². The highest BCUT2D eigenvalue weighted by Crippen LogP contribution is 2.35. The molecule has 17 heavy (non-hydrogen) atoms. The van der Waals surface area contributed by atoms with E-state index in [-0.39, 0.29) is 0 Å². The molecule has 0 amide bonds. The van der Waals surface area contributed by atoms with E-state index in [1.54, 1.807) is 11.3 Å². The summed E-state index contributed by atoms with van der Waals surface area (Å²) >= 11 is 1.72. The molecule has 0 spiro atoms. The minimum absolute atomic E-state index is 0.396. The minimum Gasteiger partial charge on any atom is -0.271 e. The van der Waals surface area contributed by atoms with E-state index < -0.39 is 0 Å². The number of hydrogen-bond donors (Lipinski definition) is 2. The highest BCUT2D eigenvalue weighted by molar-refractivity contribution is 7.09. The summed E-state index contributed by atoms with van der Waals surface area (Å²) in [6.07, 6.45) is 6.30. The standard InChI is InChI=1S/C13H23N3S/c1-3-10-4-5-11(6-10)13(16-14)7-12-8-17-9(2)15-12/h8,10-11,13,16H,3-7,14H2,1-2H3. The van der Waals surface area contributed by atoms with Gasteiger partial charge in [0.2, 0.25) is 0 Å². The van der Waals surface area contributed by atoms with Crippen LogP contribution in [-0.4, -0.2) is 11.0 Å². The van der Waals surface area contributed by atoms with Crippen LogP contribution in [0.2, 0.25) is 0 Å². The van der Waals surface area contributed by atoms with E-state index in [1.165, 1.54) is 31.4 Å². The van der Waals surface area contributed by atoms with Crippen LogP contribution in [0.15, 0.2) is 5.38 Å². The Morgan fingerprint density at radius 1 is 1.59 bits per heavy atom. The number of aromatic nitrogens is 1. The van der Waals surface area contributed by atoms with Crippen molar-refractivity contribution in [3.05, 3.63) is 16.1 Å². The Balaban J connectivity index is 1.93. The molecule has 1 aliphatic carbocycles. The molecule has 0 saturated heterocycles. The van der Waals surface area contributed by atoms with Gasteiger partial charge in [-0.15, -0.1) is 11.3 Å². The Kier molecular flexibility index (Phi) is 4.54. The van der Waals surface area contributed by atoms with Gasteiger partial charge in [-0.05, 0) is 31.6 Å². The molecule has 1 fully saturated rings. The van der Waals surface area contributed by atoms with E-state index in [1.807, 2.05) is 0 Å². The first-order chi connectivity index (χ1) is 8.22. The second-order valence-electron chi connectivity index (χ2n) is 5.18. The Bertz CT molecular complexity index is 350. The van der Waals surface area contributed by atoms with Crippen LogP contribution in [0.25, 0.3) is 0 Å². The highest BCUT2D eigenvalue weighted by atomic mass is 32.1. The van der Waals surface area contributed by atoms with Crippen LogP contribution >= 0.6 is 11.3 Å². The molecular weight excluding hydrogens is 230 g/mol. The van der Waals surface area contributed by atoms with Gasteiger partial charge in [-0.3, -0.25) is 11.3 Å². The summed E-state index contributed by atoms with van der Waals surface area (Å²) in [7, 11) is 0. The summed E-state index contributed by atoms with van der Waals surface area (Å²) in [5.74, 6) is 7.36. The molecule has 1 aromatic rings. The second-order valence-corrected chi connectivity index (χ2v) is 6.24. The fourth-order valence-electron chi connectivity index (χ4n) is 2.94. The topological polar surface area (TPSA) is 50.9 Å². The number of rotatable bonds is 5. The first-order valence-corrected chi connectivity index (χ1v) is 7.48. The maximum absolute atomic E-state index is 5.72. The predicted molar refractivity (Wildman–Crippen MR) is 72.8 cm³/mol. The predicted octanol–water partition coefficient (Wildman–Crippen LogP) is 2.65. The van der Waals surface area contributed by atoms with Gasteiger partial charge in [0.25, 0.3) is 0 Å². The summed E-state index contributed by atoms with van der Waals surface area (Å²) in [4.78, 5) is 4.53. The zero-order valence-electron chi connectivity index (χ0n) is 10.8. The van der Waals surface area contributed by atoms with E-state index in [2.05, 4.69) is 29.6 Å². The van der Waals surface area contributed by atoms with Crippen molar-refractivity contribution in [1.82, 2.24) is 10.4 Å². The van der Waals surface area contributed by atoms with Crippen LogP contribution in [0.5, 0.6) is 0 Å². The monoisotopic (exact) mass is 253 g/mol. The number of nitrogens with one attached hydrogen (secondary N) is 1. The van der Waals surface area contributed by atoms with Crippen molar-refractivity contribution in [2.45, 2.75) is 52.0 Å². The first-order valence-electron chi connectivity index (χ1n) is 6.60. The molecule has 1 aromatic heterocycles. The van der Waals surface area contributed by atoms with Crippen LogP contribution in [0.4, 0.5) is 0 Å². The van der Waals surface area contributed by atoms with Crippen molar-refractivity contribution in [1.29, 1.82) is 0 Å². The van der Waals surface area contributed by atoms with Gasteiger partial charge >= 0.3 is 0 Å². The number of hydrazine groups is 1. The molecular formula is C13H23N3S. The molecule has 1 heterocycles. The molecule has 3 N–H and O–H groups in total. The van der Waals surface area contributed by atoms with Gasteiger partial charge in [-0.1, -0.05) is 19.8 Å². The molecule has 0 bridgehead atoms. The van der Waals surface area contributed by atoms with Crippen molar-refractivity contribution < 1.29 is 0 Å². The van der Waals surface area contributed by atoms with Gasteiger partial charge in [-0.25, -0.2) is 4.98 Å². The molecule has 2 rings (SSSR count). The highest BCUT2D eigenvalue weighted by Gasteiger charge is 2.29. The van der Waals surface area contributed by atoms with Gasteiger partial charge in [-0.2, -0.15) is 0 Å². The zero-order valence-corrected chi connectivity index (χ0v) is 11.6. The average Bonchev–Trinajstić information content (AvgIpc) is 2.94. The van der Waals surface area contributed by atoms with Crippen molar-refractivity contribution >= 4 is 11.3 Å². The summed E-state index contributed by atoms with van der Waals surface area (Å²) in [5, 5.41) is 3.31. The Hall–Kier alpha value is -0.450. The fourth-order valence-corrected chi connectivity index (χ4v) is 3.56. The summed E-state index contributed by atoms with van der Waals surface area (Å²) in [6, 6.07) is 0.396. The number of hydrogen-bond acceptors (Lipinski definition) is 4. The Labute approximate surface area is 108 Å². The zero-order chi connectivity index (χ0) is 12.3. The van der Waals surface area contributed by atoms with Crippen molar-refractivity contribution in [3.8, 4) is 0 Å². The van der Waals surface area contributed by atoms with Gasteiger partial charge in [0.15, 0.2) is 0 Å². The van der Waals surface area contributed by atoms with Gasteiger partial charge in [0.1, 0.15) is 0 Å². The molecule has 3 atom stereocenters. The van der Waals surface area contributed by atoms with Crippen LogP contribution in [-0.2, 0) is 6.42 Å². The van der Waals surface area contributed by atoms with E-state index in [9.17, 15) is 0 Å². The van der Waals surface area contributed by atoms with Crippen molar-refractivity contribution in [3.63, 3.8) is 0 Å². The van der Waals surface area contributed by atoms with Gasteiger partial charge < -0.3 is 0 Å². The van der Waals surface area contributed by atoms with Gasteiger partial charge in [0.05, 0.1) is 10.7 Å². The average molecular weight is 253 g/mol. The summed E-state index contributed by atoms with van der Waals surface area (Å²) < 4.78 is 0. The van der Waals surface area contributed by atoms with Gasteiger partial charge in [0, 0.05) is 17.8 Å². The maximum atomic E-state index is 5.72. The first kappa shape index (κ1) is 13.0. The van der Waals surface area contributed by atoms with E-state index in [4.69, 9.17) is 5.84 Å². The fraction of sp³-hybridized carbons (Fsp3) is 0.769. The molecule has 0 aromatic carbocycles. The van der Waals surface area contributed by atoms with Crippen LogP contribution in [0.3, 0.4) is 0 Å². The smallest absolute Gasteiger partial charge is 0.0897 e. The lowest BCUT2D eigenvalue weighted by Gasteiger charge is -2.22. The molecule has 96 valence electrons. The quantitative estimate of drug-likeness (QED) is 0.626. The SMILES string of the molecule is CCC1CCC(C(Cc2csc(C)n2)NN)C1. The second kappa shape index (κ2) is 5.94. The third-order valence-electron chi connectivity index (χ3n) is 4.04. The van der Waals surface area contributed by atoms with E-state index in [0.29, 0.717) is 6.04 Å². The molecule has 3 nitrogen and oxygen atoms in total. The molecule has 4 heteroatoms. The summed E-state index contributed by atoms with van der Waals surface area (Å²) in [5.41, 5.74) is 4.20. The molecule has 3 unspecified atom stereocenters. The van der Waals surface area contributed by atoms with Crippen LogP contribution in [0, 0.1) is 18.8 Å². The van der Waals surface area contributed by atoms with E-state index in [0.717, 1.165) is 23.3 Å². The van der Waals surface area contributed by atoms with Crippen LogP contribution in [0.1, 0.15) is 43.3 Å². The normalized spacial score (nSPS) is 26.3. The lowest BCUT2D eigenvalue weighted by atomic mass is 9.93. The van der Waals surface area contributed by atoms with Crippen molar-refractivity contribution in [2.75, 3.05) is 0 Å². The molecule has 0 aliphatic heterocycles. The number of thiazole rings is 1. The molecule has 1 saturated carbocycles. The minimum atomic E-state index is 0.396. The number of nitrogens with two attached hydrogens (primary N) is 1. The Morgan fingerprint density at radius 3 is 2.94 bits per heavy atom. The van der Waals surface area contributed by atoms with Crippen molar-refractivity contribution in [2.24, 2.45) is 17.7 Å².